The van der Waals surface area contributed by atoms with Crippen molar-refractivity contribution in [3.8, 4) is 5.95 Å². The van der Waals surface area contributed by atoms with Crippen molar-refractivity contribution in [1.82, 2.24) is 19.9 Å². The van der Waals surface area contributed by atoms with Crippen molar-refractivity contribution in [2.45, 2.75) is 12.3 Å². The standard InChI is InChI=1S/C28H23ClN4O/c29-24-13-7-14-25-26(24)23(19-33(25)28-30-15-8-16-31-28)27(34)32-18-22(21-11-5-2-6-12-21)17-20-9-3-1-4-10-20/h1-16,19,22H,17-18H2,(H,32,34). The van der Waals surface area contributed by atoms with Gasteiger partial charge in [0.25, 0.3) is 5.91 Å². The van der Waals surface area contributed by atoms with E-state index < -0.39 is 0 Å². The predicted molar refractivity (Wildman–Crippen MR) is 136 cm³/mol. The molecule has 1 atom stereocenters. The van der Waals surface area contributed by atoms with E-state index in [9.17, 15) is 4.79 Å². The van der Waals surface area contributed by atoms with Gasteiger partial charge in [-0.05, 0) is 35.7 Å². The van der Waals surface area contributed by atoms with E-state index in [0.29, 0.717) is 28.5 Å². The highest BCUT2D eigenvalue weighted by Gasteiger charge is 2.21. The quantitative estimate of drug-likeness (QED) is 0.328. The third-order valence-corrected chi connectivity index (χ3v) is 6.21. The molecule has 0 saturated carbocycles. The molecule has 0 aliphatic rings. The molecule has 0 spiro atoms. The topological polar surface area (TPSA) is 59.8 Å². The summed E-state index contributed by atoms with van der Waals surface area (Å²) in [5.74, 6) is 0.440. The minimum absolute atomic E-state index is 0.133. The van der Waals surface area contributed by atoms with Gasteiger partial charge in [-0.15, -0.1) is 0 Å². The molecule has 0 fully saturated rings. The van der Waals surface area contributed by atoms with Gasteiger partial charge in [-0.25, -0.2) is 9.97 Å². The first-order valence-corrected chi connectivity index (χ1v) is 11.5. The summed E-state index contributed by atoms with van der Waals surface area (Å²) in [4.78, 5) is 22.1. The van der Waals surface area contributed by atoms with E-state index in [0.717, 1.165) is 11.9 Å². The van der Waals surface area contributed by atoms with Gasteiger partial charge in [0.05, 0.1) is 16.1 Å². The smallest absolute Gasteiger partial charge is 0.253 e. The number of aromatic nitrogens is 3. The first-order chi connectivity index (χ1) is 16.7. The summed E-state index contributed by atoms with van der Waals surface area (Å²) in [6.07, 6.45) is 5.93. The van der Waals surface area contributed by atoms with Crippen LogP contribution in [-0.2, 0) is 6.42 Å². The third kappa shape index (κ3) is 4.56. The molecule has 5 rings (SSSR count). The average molecular weight is 467 g/mol. The average Bonchev–Trinajstić information content (AvgIpc) is 3.29. The molecule has 0 aliphatic heterocycles. The highest BCUT2D eigenvalue weighted by Crippen LogP contribution is 2.30. The molecule has 5 aromatic rings. The first kappa shape index (κ1) is 21.9. The molecule has 5 nitrogen and oxygen atoms in total. The Morgan fingerprint density at radius 2 is 1.59 bits per heavy atom. The van der Waals surface area contributed by atoms with Crippen LogP contribution in [0.25, 0.3) is 16.9 Å². The maximum absolute atomic E-state index is 13.4. The van der Waals surface area contributed by atoms with E-state index in [4.69, 9.17) is 11.6 Å². The van der Waals surface area contributed by atoms with Crippen LogP contribution in [0.15, 0.2) is 104 Å². The zero-order valence-corrected chi connectivity index (χ0v) is 19.2. The SMILES string of the molecule is O=C(NCC(Cc1ccccc1)c1ccccc1)c1cn(-c2ncccn2)c2cccc(Cl)c12. The van der Waals surface area contributed by atoms with E-state index in [1.165, 1.54) is 11.1 Å². The lowest BCUT2D eigenvalue weighted by atomic mass is 9.92. The van der Waals surface area contributed by atoms with Crippen molar-refractivity contribution in [3.63, 3.8) is 0 Å². The number of benzene rings is 3. The van der Waals surface area contributed by atoms with Gasteiger partial charge in [0.1, 0.15) is 0 Å². The minimum atomic E-state index is -0.179. The number of hydrogen-bond acceptors (Lipinski definition) is 3. The van der Waals surface area contributed by atoms with Gasteiger partial charge < -0.3 is 5.32 Å². The van der Waals surface area contributed by atoms with Crippen molar-refractivity contribution in [3.05, 3.63) is 125 Å². The van der Waals surface area contributed by atoms with E-state index in [1.807, 2.05) is 48.5 Å². The van der Waals surface area contributed by atoms with Crippen LogP contribution in [0.5, 0.6) is 0 Å². The first-order valence-electron chi connectivity index (χ1n) is 11.1. The summed E-state index contributed by atoms with van der Waals surface area (Å²) < 4.78 is 1.80. The highest BCUT2D eigenvalue weighted by molar-refractivity contribution is 6.37. The number of nitrogens with one attached hydrogen (secondary N) is 1. The Labute approximate surface area is 203 Å². The second-order valence-corrected chi connectivity index (χ2v) is 8.51. The lowest BCUT2D eigenvalue weighted by Gasteiger charge is -2.18. The summed E-state index contributed by atoms with van der Waals surface area (Å²) in [7, 11) is 0. The fourth-order valence-electron chi connectivity index (χ4n) is 4.24. The summed E-state index contributed by atoms with van der Waals surface area (Å²) in [6, 6.07) is 27.9. The second kappa shape index (κ2) is 9.89. The highest BCUT2D eigenvalue weighted by atomic mass is 35.5. The van der Waals surface area contributed by atoms with E-state index in [-0.39, 0.29) is 11.8 Å². The number of hydrogen-bond donors (Lipinski definition) is 1. The minimum Gasteiger partial charge on any atom is -0.351 e. The Bertz CT molecular complexity index is 1400. The van der Waals surface area contributed by atoms with Gasteiger partial charge in [-0.1, -0.05) is 78.3 Å². The van der Waals surface area contributed by atoms with E-state index in [1.54, 1.807) is 35.3 Å². The Kier molecular flexibility index (Phi) is 6.36. The largest absolute Gasteiger partial charge is 0.351 e. The van der Waals surface area contributed by atoms with Crippen molar-refractivity contribution >= 4 is 28.4 Å². The van der Waals surface area contributed by atoms with Crippen LogP contribution in [0.3, 0.4) is 0 Å². The number of amides is 1. The maximum atomic E-state index is 13.4. The molecule has 1 amide bonds. The van der Waals surface area contributed by atoms with Gasteiger partial charge >= 0.3 is 0 Å². The lowest BCUT2D eigenvalue weighted by molar-refractivity contribution is 0.0952. The number of nitrogens with zero attached hydrogens (tertiary/aromatic N) is 3. The Morgan fingerprint density at radius 3 is 2.32 bits per heavy atom. The van der Waals surface area contributed by atoms with Crippen LogP contribution in [0.1, 0.15) is 27.4 Å². The number of fused-ring (bicyclic) bond motifs is 1. The van der Waals surface area contributed by atoms with Crippen LogP contribution < -0.4 is 5.32 Å². The Balaban J connectivity index is 1.45. The van der Waals surface area contributed by atoms with Crippen LogP contribution in [0.2, 0.25) is 5.02 Å². The maximum Gasteiger partial charge on any atom is 0.253 e. The Morgan fingerprint density at radius 1 is 0.882 bits per heavy atom. The predicted octanol–water partition coefficient (Wildman–Crippen LogP) is 5.83. The van der Waals surface area contributed by atoms with Crippen LogP contribution in [0, 0.1) is 0 Å². The van der Waals surface area contributed by atoms with Crippen molar-refractivity contribution < 1.29 is 4.79 Å². The summed E-state index contributed by atoms with van der Waals surface area (Å²) in [5, 5.41) is 4.35. The zero-order chi connectivity index (χ0) is 23.3. The molecule has 0 aliphatic carbocycles. The van der Waals surface area contributed by atoms with Crippen molar-refractivity contribution in [2.24, 2.45) is 0 Å². The molecule has 34 heavy (non-hydrogen) atoms. The number of halogens is 1. The van der Waals surface area contributed by atoms with Crippen LogP contribution in [-0.4, -0.2) is 27.0 Å². The molecule has 1 N–H and O–H groups in total. The summed E-state index contributed by atoms with van der Waals surface area (Å²) in [5.41, 5.74) is 3.70. The molecular weight excluding hydrogens is 444 g/mol. The van der Waals surface area contributed by atoms with Gasteiger partial charge in [-0.2, -0.15) is 0 Å². The molecule has 0 saturated heterocycles. The van der Waals surface area contributed by atoms with Gasteiger partial charge in [-0.3, -0.25) is 9.36 Å². The fraction of sp³-hybridized carbons (Fsp3) is 0.107. The van der Waals surface area contributed by atoms with Crippen molar-refractivity contribution in [2.75, 3.05) is 6.54 Å². The zero-order valence-electron chi connectivity index (χ0n) is 18.4. The van der Waals surface area contributed by atoms with Gasteiger partial charge in [0, 0.05) is 36.4 Å². The number of carbonyl (C=O) groups is 1. The van der Waals surface area contributed by atoms with E-state index >= 15 is 0 Å². The van der Waals surface area contributed by atoms with Gasteiger partial charge in [0.15, 0.2) is 0 Å². The lowest BCUT2D eigenvalue weighted by Crippen LogP contribution is -2.29. The molecule has 2 heterocycles. The monoisotopic (exact) mass is 466 g/mol. The van der Waals surface area contributed by atoms with Crippen molar-refractivity contribution in [1.29, 1.82) is 0 Å². The van der Waals surface area contributed by atoms with Crippen LogP contribution >= 0.6 is 11.6 Å². The Hall–Kier alpha value is -3.96. The molecule has 0 bridgehead atoms. The third-order valence-electron chi connectivity index (χ3n) is 5.90. The molecule has 6 heteroatoms. The summed E-state index contributed by atoms with van der Waals surface area (Å²) in [6.45, 7) is 0.497. The normalized spacial score (nSPS) is 11.9. The van der Waals surface area contributed by atoms with Crippen LogP contribution in [0.4, 0.5) is 0 Å². The van der Waals surface area contributed by atoms with Gasteiger partial charge in [0.2, 0.25) is 5.95 Å². The number of rotatable bonds is 7. The molecule has 2 aromatic heterocycles. The molecular formula is C28H23ClN4O. The molecule has 168 valence electrons. The number of carbonyl (C=O) groups excluding carboxylic acids is 1. The fourth-order valence-corrected chi connectivity index (χ4v) is 4.51. The van der Waals surface area contributed by atoms with E-state index in [2.05, 4.69) is 39.6 Å². The second-order valence-electron chi connectivity index (χ2n) is 8.10. The summed E-state index contributed by atoms with van der Waals surface area (Å²) >= 11 is 6.54. The molecule has 0 radical (unpaired) electrons. The molecule has 1 unspecified atom stereocenters. The molecule has 3 aromatic carbocycles.